The third-order valence-corrected chi connectivity index (χ3v) is 3.79. The van der Waals surface area contributed by atoms with Crippen LogP contribution in [0.2, 0.25) is 5.02 Å². The molecule has 0 aliphatic rings. The molecule has 1 aromatic heterocycles. The highest BCUT2D eigenvalue weighted by atomic mass is 35.5. The lowest BCUT2D eigenvalue weighted by atomic mass is 10.1. The second-order valence-corrected chi connectivity index (χ2v) is 5.90. The minimum Gasteiger partial charge on any atom is -0.245 e. The van der Waals surface area contributed by atoms with Gasteiger partial charge in [0.25, 0.3) is 0 Å². The van der Waals surface area contributed by atoms with Gasteiger partial charge in [0.05, 0.1) is 15.6 Å². The van der Waals surface area contributed by atoms with Gasteiger partial charge in [0.15, 0.2) is 9.84 Å². The lowest BCUT2D eigenvalue weighted by molar-refractivity contribution is 0.602. The number of benzene rings is 1. The Morgan fingerprint density at radius 3 is 2.53 bits per heavy atom. The number of hydrogen-bond acceptors (Lipinski definition) is 4. The maximum Gasteiger partial charge on any atom is 0.176 e. The van der Waals surface area contributed by atoms with Crippen molar-refractivity contribution in [3.8, 4) is 11.3 Å². The molecule has 1 aromatic carbocycles. The molecule has 0 radical (unpaired) electrons. The quantitative estimate of drug-likeness (QED) is 0.838. The molecule has 0 amide bonds. The number of nitrogens with zero attached hydrogens (tertiary/aromatic N) is 2. The molecule has 17 heavy (non-hydrogen) atoms. The van der Waals surface area contributed by atoms with Gasteiger partial charge in [-0.2, -0.15) is 0 Å². The Hall–Kier alpha value is -1.46. The zero-order chi connectivity index (χ0) is 12.5. The molecule has 0 spiro atoms. The van der Waals surface area contributed by atoms with Crippen LogP contribution in [0, 0.1) is 0 Å². The SMILES string of the molecule is CS(=O)(=O)c1ccc(-c2ccncn2)cc1Cl. The number of halogens is 1. The summed E-state index contributed by atoms with van der Waals surface area (Å²) in [5, 5.41) is 0.198. The van der Waals surface area contributed by atoms with Crippen LogP contribution in [-0.2, 0) is 9.84 Å². The van der Waals surface area contributed by atoms with Crippen LogP contribution in [0.4, 0.5) is 0 Å². The van der Waals surface area contributed by atoms with Gasteiger partial charge >= 0.3 is 0 Å². The van der Waals surface area contributed by atoms with Crippen molar-refractivity contribution < 1.29 is 8.42 Å². The van der Waals surface area contributed by atoms with E-state index in [0.717, 1.165) is 11.8 Å². The van der Waals surface area contributed by atoms with E-state index in [-0.39, 0.29) is 9.92 Å². The zero-order valence-electron chi connectivity index (χ0n) is 8.96. The van der Waals surface area contributed by atoms with Gasteiger partial charge in [0.1, 0.15) is 6.33 Å². The molecule has 0 atom stereocenters. The normalized spacial score (nSPS) is 11.4. The monoisotopic (exact) mass is 268 g/mol. The van der Waals surface area contributed by atoms with Crippen molar-refractivity contribution in [2.45, 2.75) is 4.90 Å². The maximum absolute atomic E-state index is 11.4. The van der Waals surface area contributed by atoms with Crippen LogP contribution < -0.4 is 0 Å². The first-order valence-corrected chi connectivity index (χ1v) is 7.01. The fraction of sp³-hybridized carbons (Fsp3) is 0.0909. The summed E-state index contributed by atoms with van der Waals surface area (Å²) < 4.78 is 22.8. The minimum atomic E-state index is -3.30. The lowest BCUT2D eigenvalue weighted by Gasteiger charge is -2.04. The molecule has 88 valence electrons. The number of sulfone groups is 1. The van der Waals surface area contributed by atoms with Gasteiger partial charge in [0, 0.05) is 18.0 Å². The molecule has 0 aliphatic carbocycles. The topological polar surface area (TPSA) is 59.9 Å². The Kier molecular flexibility index (Phi) is 3.13. The van der Waals surface area contributed by atoms with Crippen LogP contribution in [0.15, 0.2) is 41.7 Å². The van der Waals surface area contributed by atoms with Crippen molar-refractivity contribution in [3.05, 3.63) is 41.8 Å². The van der Waals surface area contributed by atoms with Crippen molar-refractivity contribution in [1.82, 2.24) is 9.97 Å². The second-order valence-electron chi connectivity index (χ2n) is 3.51. The number of aromatic nitrogens is 2. The van der Waals surface area contributed by atoms with Crippen LogP contribution in [0.3, 0.4) is 0 Å². The van der Waals surface area contributed by atoms with E-state index < -0.39 is 9.84 Å². The van der Waals surface area contributed by atoms with Gasteiger partial charge in [-0.05, 0) is 18.2 Å². The summed E-state index contributed by atoms with van der Waals surface area (Å²) in [6, 6.07) is 6.46. The predicted molar refractivity (Wildman–Crippen MR) is 65.6 cm³/mol. The van der Waals surface area contributed by atoms with Gasteiger partial charge in [-0.25, -0.2) is 18.4 Å². The summed E-state index contributed by atoms with van der Waals surface area (Å²) >= 11 is 5.94. The van der Waals surface area contributed by atoms with E-state index >= 15 is 0 Å². The number of rotatable bonds is 2. The first-order chi connectivity index (χ1) is 7.98. The molecule has 4 nitrogen and oxygen atoms in total. The first kappa shape index (κ1) is 12.0. The molecule has 0 aliphatic heterocycles. The Labute approximate surface area is 104 Å². The molecule has 0 fully saturated rings. The Bertz CT molecular complexity index is 642. The largest absolute Gasteiger partial charge is 0.245 e. The highest BCUT2D eigenvalue weighted by molar-refractivity contribution is 7.90. The fourth-order valence-electron chi connectivity index (χ4n) is 1.42. The summed E-state index contributed by atoms with van der Waals surface area (Å²) in [6.07, 6.45) is 4.16. The van der Waals surface area contributed by atoms with Crippen LogP contribution in [0.1, 0.15) is 0 Å². The maximum atomic E-state index is 11.4. The highest BCUT2D eigenvalue weighted by Gasteiger charge is 2.13. The average Bonchev–Trinajstić information content (AvgIpc) is 2.28. The Balaban J connectivity index is 2.53. The van der Waals surface area contributed by atoms with Crippen molar-refractivity contribution in [3.63, 3.8) is 0 Å². The predicted octanol–water partition coefficient (Wildman–Crippen LogP) is 2.20. The third-order valence-electron chi connectivity index (χ3n) is 2.21. The van der Waals surface area contributed by atoms with Gasteiger partial charge < -0.3 is 0 Å². The summed E-state index contributed by atoms with van der Waals surface area (Å²) in [7, 11) is -3.30. The summed E-state index contributed by atoms with van der Waals surface area (Å²) in [5.41, 5.74) is 1.45. The van der Waals surface area contributed by atoms with Gasteiger partial charge in [-0.15, -0.1) is 0 Å². The molecule has 0 bridgehead atoms. The van der Waals surface area contributed by atoms with E-state index in [1.807, 2.05) is 0 Å². The van der Waals surface area contributed by atoms with E-state index in [9.17, 15) is 8.42 Å². The Morgan fingerprint density at radius 2 is 2.00 bits per heavy atom. The third kappa shape index (κ3) is 2.62. The summed E-state index contributed by atoms with van der Waals surface area (Å²) in [5.74, 6) is 0. The Morgan fingerprint density at radius 1 is 1.24 bits per heavy atom. The molecular weight excluding hydrogens is 260 g/mol. The average molecular weight is 269 g/mol. The molecule has 0 saturated heterocycles. The van der Waals surface area contributed by atoms with Crippen LogP contribution in [0.5, 0.6) is 0 Å². The molecule has 2 aromatic rings. The van der Waals surface area contributed by atoms with Crippen LogP contribution in [0.25, 0.3) is 11.3 Å². The highest BCUT2D eigenvalue weighted by Crippen LogP contribution is 2.26. The second kappa shape index (κ2) is 4.43. The summed E-state index contributed by atoms with van der Waals surface area (Å²) in [6.45, 7) is 0. The summed E-state index contributed by atoms with van der Waals surface area (Å²) in [4.78, 5) is 8.00. The van der Waals surface area contributed by atoms with E-state index in [0.29, 0.717) is 5.69 Å². The molecule has 0 unspecified atom stereocenters. The van der Waals surface area contributed by atoms with E-state index in [1.54, 1.807) is 24.4 Å². The van der Waals surface area contributed by atoms with Gasteiger partial charge in [0.2, 0.25) is 0 Å². The molecule has 0 N–H and O–H groups in total. The van der Waals surface area contributed by atoms with Gasteiger partial charge in [-0.1, -0.05) is 17.7 Å². The van der Waals surface area contributed by atoms with Crippen molar-refractivity contribution in [2.24, 2.45) is 0 Å². The van der Waals surface area contributed by atoms with Gasteiger partial charge in [-0.3, -0.25) is 0 Å². The standard InChI is InChI=1S/C11H9ClN2O2S/c1-17(15,16)11-3-2-8(6-9(11)12)10-4-5-13-7-14-10/h2-7H,1H3. The van der Waals surface area contributed by atoms with Crippen molar-refractivity contribution in [1.29, 1.82) is 0 Å². The smallest absolute Gasteiger partial charge is 0.176 e. The first-order valence-electron chi connectivity index (χ1n) is 4.74. The van der Waals surface area contributed by atoms with E-state index in [1.165, 1.54) is 12.4 Å². The van der Waals surface area contributed by atoms with Crippen molar-refractivity contribution in [2.75, 3.05) is 6.26 Å². The molecular formula is C11H9ClN2O2S. The molecule has 0 saturated carbocycles. The zero-order valence-corrected chi connectivity index (χ0v) is 10.5. The molecule has 6 heteroatoms. The van der Waals surface area contributed by atoms with Crippen LogP contribution in [-0.4, -0.2) is 24.6 Å². The lowest BCUT2D eigenvalue weighted by Crippen LogP contribution is -1.98. The van der Waals surface area contributed by atoms with Crippen molar-refractivity contribution >= 4 is 21.4 Å². The van der Waals surface area contributed by atoms with Crippen LogP contribution >= 0.6 is 11.6 Å². The molecule has 2 rings (SSSR count). The fourth-order valence-corrected chi connectivity index (χ4v) is 2.75. The van der Waals surface area contributed by atoms with E-state index in [4.69, 9.17) is 11.6 Å². The minimum absolute atomic E-state index is 0.122. The molecule has 1 heterocycles. The van der Waals surface area contributed by atoms with E-state index in [2.05, 4.69) is 9.97 Å². The number of hydrogen-bond donors (Lipinski definition) is 0.